The van der Waals surface area contributed by atoms with Gasteiger partial charge in [0.15, 0.2) is 0 Å². The van der Waals surface area contributed by atoms with E-state index in [-0.39, 0.29) is 0 Å². The van der Waals surface area contributed by atoms with E-state index in [0.29, 0.717) is 11.3 Å². The van der Waals surface area contributed by atoms with Crippen LogP contribution in [0.15, 0.2) is 35.7 Å². The number of aldehydes is 1. The molecular formula is C16H17NO3S. The average Bonchev–Trinajstić information content (AvgIpc) is 2.84. The number of benzene rings is 1. The minimum atomic E-state index is -0.544. The predicted octanol–water partition coefficient (Wildman–Crippen LogP) is 4.57. The Labute approximate surface area is 127 Å². The second-order valence-corrected chi connectivity index (χ2v) is 6.45. The smallest absolute Gasteiger partial charge is 0.412 e. The maximum atomic E-state index is 11.8. The second-order valence-electron chi connectivity index (χ2n) is 5.53. The van der Waals surface area contributed by atoms with E-state index in [1.54, 1.807) is 12.1 Å². The zero-order valence-corrected chi connectivity index (χ0v) is 13.0. The predicted molar refractivity (Wildman–Crippen MR) is 85.0 cm³/mol. The molecule has 0 saturated carbocycles. The summed E-state index contributed by atoms with van der Waals surface area (Å²) in [5.41, 5.74) is 1.62. The highest BCUT2D eigenvalue weighted by atomic mass is 32.1. The molecule has 0 saturated heterocycles. The van der Waals surface area contributed by atoms with Crippen molar-refractivity contribution in [1.29, 1.82) is 0 Å². The lowest BCUT2D eigenvalue weighted by Gasteiger charge is -2.19. The van der Waals surface area contributed by atoms with Gasteiger partial charge < -0.3 is 4.74 Å². The molecule has 0 fully saturated rings. The monoisotopic (exact) mass is 303 g/mol. The summed E-state index contributed by atoms with van der Waals surface area (Å²) in [6, 6.07) is 9.07. The summed E-state index contributed by atoms with van der Waals surface area (Å²) in [5, 5.41) is 4.63. The Morgan fingerprint density at radius 2 is 2.05 bits per heavy atom. The van der Waals surface area contributed by atoms with Gasteiger partial charge in [-0.3, -0.25) is 10.1 Å². The number of amides is 1. The third kappa shape index (κ3) is 4.16. The lowest BCUT2D eigenvalue weighted by molar-refractivity contribution is 0.0636. The molecule has 0 aliphatic rings. The van der Waals surface area contributed by atoms with Crippen LogP contribution >= 0.6 is 11.3 Å². The molecule has 21 heavy (non-hydrogen) atoms. The van der Waals surface area contributed by atoms with Crippen molar-refractivity contribution in [2.24, 2.45) is 0 Å². The summed E-state index contributed by atoms with van der Waals surface area (Å²) >= 11 is 1.50. The number of hydrogen-bond donors (Lipinski definition) is 1. The quantitative estimate of drug-likeness (QED) is 0.845. The number of thiophene rings is 1. The van der Waals surface area contributed by atoms with Crippen LogP contribution in [-0.2, 0) is 4.74 Å². The van der Waals surface area contributed by atoms with E-state index >= 15 is 0 Å². The minimum Gasteiger partial charge on any atom is -0.444 e. The molecule has 4 nitrogen and oxygen atoms in total. The zero-order valence-electron chi connectivity index (χ0n) is 12.2. The highest BCUT2D eigenvalue weighted by molar-refractivity contribution is 7.14. The Kier molecular flexibility index (Phi) is 4.43. The molecule has 1 N–H and O–H groups in total. The number of rotatable bonds is 3. The van der Waals surface area contributed by atoms with Crippen molar-refractivity contribution in [2.75, 3.05) is 5.32 Å². The van der Waals surface area contributed by atoms with E-state index in [1.807, 2.05) is 44.4 Å². The SMILES string of the molecule is CC(C)(C)OC(=O)Nc1ccsc1-c1cccc(C=O)c1. The van der Waals surface area contributed by atoms with Gasteiger partial charge in [-0.25, -0.2) is 4.79 Å². The fraction of sp³-hybridized carbons (Fsp3) is 0.250. The van der Waals surface area contributed by atoms with Crippen molar-refractivity contribution in [2.45, 2.75) is 26.4 Å². The van der Waals surface area contributed by atoms with Crippen LogP contribution in [0.5, 0.6) is 0 Å². The van der Waals surface area contributed by atoms with E-state index in [9.17, 15) is 9.59 Å². The van der Waals surface area contributed by atoms with Crippen molar-refractivity contribution in [1.82, 2.24) is 0 Å². The molecule has 1 amide bonds. The Hall–Kier alpha value is -2.14. The third-order valence-corrected chi connectivity index (χ3v) is 3.55. The number of anilines is 1. The summed E-state index contributed by atoms with van der Waals surface area (Å²) in [6.07, 6.45) is 0.312. The first-order chi connectivity index (χ1) is 9.89. The summed E-state index contributed by atoms with van der Waals surface area (Å²) in [7, 11) is 0. The van der Waals surface area contributed by atoms with E-state index in [4.69, 9.17) is 4.74 Å². The van der Waals surface area contributed by atoms with Crippen LogP contribution in [0.3, 0.4) is 0 Å². The number of ether oxygens (including phenoxy) is 1. The van der Waals surface area contributed by atoms with Crippen molar-refractivity contribution in [3.63, 3.8) is 0 Å². The maximum absolute atomic E-state index is 11.8. The topological polar surface area (TPSA) is 55.4 Å². The van der Waals surface area contributed by atoms with Crippen LogP contribution < -0.4 is 5.32 Å². The largest absolute Gasteiger partial charge is 0.444 e. The molecule has 1 aromatic carbocycles. The molecule has 0 atom stereocenters. The van der Waals surface area contributed by atoms with Gasteiger partial charge in [0, 0.05) is 5.56 Å². The lowest BCUT2D eigenvalue weighted by atomic mass is 10.1. The van der Waals surface area contributed by atoms with Gasteiger partial charge in [0.25, 0.3) is 0 Å². The van der Waals surface area contributed by atoms with Gasteiger partial charge in [0.05, 0.1) is 10.6 Å². The first-order valence-corrected chi connectivity index (χ1v) is 7.40. The Balaban J connectivity index is 2.22. The summed E-state index contributed by atoms with van der Waals surface area (Å²) in [6.45, 7) is 5.44. The fourth-order valence-corrected chi connectivity index (χ4v) is 2.65. The number of hydrogen-bond acceptors (Lipinski definition) is 4. The first kappa shape index (κ1) is 15.3. The molecule has 2 rings (SSSR count). The van der Waals surface area contributed by atoms with Crippen molar-refractivity contribution < 1.29 is 14.3 Å². The molecule has 0 radical (unpaired) electrons. The minimum absolute atomic E-state index is 0.492. The van der Waals surface area contributed by atoms with Gasteiger partial charge >= 0.3 is 6.09 Å². The number of carbonyl (C=O) groups excluding carboxylic acids is 2. The molecule has 0 bridgehead atoms. The molecule has 0 unspecified atom stereocenters. The highest BCUT2D eigenvalue weighted by Gasteiger charge is 2.18. The highest BCUT2D eigenvalue weighted by Crippen LogP contribution is 2.34. The van der Waals surface area contributed by atoms with E-state index in [2.05, 4.69) is 5.32 Å². The molecule has 5 heteroatoms. The molecule has 0 aliphatic heterocycles. The molecule has 0 aliphatic carbocycles. The van der Waals surface area contributed by atoms with Gasteiger partial charge in [0.2, 0.25) is 0 Å². The second kappa shape index (κ2) is 6.10. The summed E-state index contributed by atoms with van der Waals surface area (Å²) in [5.74, 6) is 0. The first-order valence-electron chi connectivity index (χ1n) is 6.52. The van der Waals surface area contributed by atoms with Crippen molar-refractivity contribution >= 4 is 29.4 Å². The van der Waals surface area contributed by atoms with Gasteiger partial charge in [-0.15, -0.1) is 11.3 Å². The summed E-state index contributed by atoms with van der Waals surface area (Å²) in [4.78, 5) is 23.6. The van der Waals surface area contributed by atoms with E-state index in [1.165, 1.54) is 11.3 Å². The molecule has 2 aromatic rings. The average molecular weight is 303 g/mol. The number of carbonyl (C=O) groups is 2. The van der Waals surface area contributed by atoms with Gasteiger partial charge in [0.1, 0.15) is 11.9 Å². The fourth-order valence-electron chi connectivity index (χ4n) is 1.80. The third-order valence-electron chi connectivity index (χ3n) is 2.59. The van der Waals surface area contributed by atoms with Gasteiger partial charge in [-0.1, -0.05) is 18.2 Å². The van der Waals surface area contributed by atoms with Crippen LogP contribution in [0, 0.1) is 0 Å². The van der Waals surface area contributed by atoms with Crippen LogP contribution in [0.1, 0.15) is 31.1 Å². The molecule has 0 spiro atoms. The Morgan fingerprint density at radius 1 is 1.29 bits per heavy atom. The van der Waals surface area contributed by atoms with E-state index in [0.717, 1.165) is 16.7 Å². The Morgan fingerprint density at radius 3 is 2.71 bits per heavy atom. The van der Waals surface area contributed by atoms with Crippen molar-refractivity contribution in [3.05, 3.63) is 41.3 Å². The van der Waals surface area contributed by atoms with E-state index < -0.39 is 11.7 Å². The van der Waals surface area contributed by atoms with Crippen LogP contribution in [-0.4, -0.2) is 18.0 Å². The lowest BCUT2D eigenvalue weighted by Crippen LogP contribution is -2.27. The van der Waals surface area contributed by atoms with Crippen LogP contribution in [0.25, 0.3) is 10.4 Å². The molecular weight excluding hydrogens is 286 g/mol. The van der Waals surface area contributed by atoms with Crippen LogP contribution in [0.2, 0.25) is 0 Å². The Bertz CT molecular complexity index is 656. The molecule has 110 valence electrons. The van der Waals surface area contributed by atoms with Crippen molar-refractivity contribution in [3.8, 4) is 10.4 Å². The standard InChI is InChI=1S/C16H17NO3S/c1-16(2,3)20-15(19)17-13-7-8-21-14(13)12-6-4-5-11(9-12)10-18/h4-10H,1-3H3,(H,17,19). The normalized spacial score (nSPS) is 11.0. The summed E-state index contributed by atoms with van der Waals surface area (Å²) < 4.78 is 5.25. The zero-order chi connectivity index (χ0) is 15.5. The molecule has 1 aromatic heterocycles. The van der Waals surface area contributed by atoms with Crippen LogP contribution in [0.4, 0.5) is 10.5 Å². The van der Waals surface area contributed by atoms with Gasteiger partial charge in [-0.05, 0) is 43.8 Å². The molecule has 1 heterocycles. The number of nitrogens with one attached hydrogen (secondary N) is 1. The van der Waals surface area contributed by atoms with Gasteiger partial charge in [-0.2, -0.15) is 0 Å². The maximum Gasteiger partial charge on any atom is 0.412 e.